The lowest BCUT2D eigenvalue weighted by Gasteiger charge is -2.24. The molecule has 0 fully saturated rings. The second-order valence-electron chi connectivity index (χ2n) is 9.65. The van der Waals surface area contributed by atoms with Gasteiger partial charge >= 0.3 is 0 Å². The number of hydrogen-bond donors (Lipinski definition) is 1. The number of allylic oxidation sites excluding steroid dienone is 1. The van der Waals surface area contributed by atoms with Crippen molar-refractivity contribution >= 4 is 46.0 Å². The van der Waals surface area contributed by atoms with Crippen molar-refractivity contribution in [3.8, 4) is 11.5 Å². The molecule has 4 aromatic rings. The summed E-state index contributed by atoms with van der Waals surface area (Å²) in [5.41, 5.74) is 3.65. The van der Waals surface area contributed by atoms with E-state index in [1.807, 2.05) is 51.1 Å². The number of aromatic nitrogens is 2. The standard InChI is InChI=1S/C33H31N3O5S2/c1-4-40-26-18-16-24(19-27(26)41-5-2)29-28(25(37)17-15-22-9-7-6-8-10-22)30(38)31(39)36(29)32-34-35-33(43-32)42-20-23-13-11-21(3)12-14-23/h6-19,29,38H,4-5,20H2,1-3H3/b17-15+. The average Bonchev–Trinajstić information content (AvgIpc) is 3.59. The van der Waals surface area contributed by atoms with Crippen molar-refractivity contribution < 1.29 is 24.2 Å². The number of aryl methyl sites for hydroxylation is 1. The molecule has 43 heavy (non-hydrogen) atoms. The van der Waals surface area contributed by atoms with E-state index < -0.39 is 23.5 Å². The van der Waals surface area contributed by atoms with Crippen molar-refractivity contribution in [2.45, 2.75) is 36.9 Å². The van der Waals surface area contributed by atoms with Gasteiger partial charge in [-0.25, -0.2) is 0 Å². The van der Waals surface area contributed by atoms with Crippen LogP contribution in [0.3, 0.4) is 0 Å². The Morgan fingerprint density at radius 3 is 2.44 bits per heavy atom. The zero-order chi connectivity index (χ0) is 30.3. The molecule has 1 aromatic heterocycles. The Kier molecular flexibility index (Phi) is 9.58. The number of benzene rings is 3. The van der Waals surface area contributed by atoms with Crippen LogP contribution in [0.2, 0.25) is 0 Å². The van der Waals surface area contributed by atoms with Crippen molar-refractivity contribution in [1.29, 1.82) is 0 Å². The summed E-state index contributed by atoms with van der Waals surface area (Å²) in [5.74, 6) is -0.144. The van der Waals surface area contributed by atoms with E-state index in [9.17, 15) is 14.7 Å². The van der Waals surface area contributed by atoms with Crippen LogP contribution in [0, 0.1) is 6.92 Å². The lowest BCUT2D eigenvalue weighted by molar-refractivity contribution is -0.117. The Morgan fingerprint density at radius 2 is 1.72 bits per heavy atom. The Hall–Kier alpha value is -4.41. The number of nitrogens with zero attached hydrogens (tertiary/aromatic N) is 3. The molecule has 1 aliphatic rings. The lowest BCUT2D eigenvalue weighted by Crippen LogP contribution is -2.31. The average molecular weight is 614 g/mol. The van der Waals surface area contributed by atoms with Crippen LogP contribution in [0.4, 0.5) is 5.13 Å². The Morgan fingerprint density at radius 1 is 1.00 bits per heavy atom. The monoisotopic (exact) mass is 613 g/mol. The molecule has 2 heterocycles. The molecule has 0 saturated heterocycles. The van der Waals surface area contributed by atoms with Crippen LogP contribution in [0.5, 0.6) is 11.5 Å². The molecule has 0 radical (unpaired) electrons. The van der Waals surface area contributed by atoms with Crippen LogP contribution in [0.15, 0.2) is 94.5 Å². The number of aliphatic hydroxyl groups is 1. The summed E-state index contributed by atoms with van der Waals surface area (Å²) < 4.78 is 12.2. The molecule has 1 N–H and O–H groups in total. The van der Waals surface area contributed by atoms with E-state index in [0.717, 1.165) is 11.1 Å². The highest BCUT2D eigenvalue weighted by Gasteiger charge is 2.45. The number of anilines is 1. The molecule has 5 rings (SSSR count). The molecule has 0 saturated carbocycles. The van der Waals surface area contributed by atoms with E-state index in [-0.39, 0.29) is 10.7 Å². The van der Waals surface area contributed by atoms with E-state index in [4.69, 9.17) is 9.47 Å². The van der Waals surface area contributed by atoms with Crippen molar-refractivity contribution in [3.63, 3.8) is 0 Å². The number of rotatable bonds is 12. The van der Waals surface area contributed by atoms with Crippen molar-refractivity contribution in [2.24, 2.45) is 0 Å². The summed E-state index contributed by atoms with van der Waals surface area (Å²) in [5, 5.41) is 20.0. The van der Waals surface area contributed by atoms with Gasteiger partial charge in [-0.1, -0.05) is 95.4 Å². The number of hydrogen-bond acceptors (Lipinski definition) is 9. The summed E-state index contributed by atoms with van der Waals surface area (Å²) >= 11 is 2.73. The van der Waals surface area contributed by atoms with Gasteiger partial charge in [0, 0.05) is 5.75 Å². The molecule has 0 spiro atoms. The van der Waals surface area contributed by atoms with Gasteiger partial charge in [-0.05, 0) is 55.7 Å². The molecule has 0 aliphatic carbocycles. The van der Waals surface area contributed by atoms with Crippen LogP contribution < -0.4 is 14.4 Å². The highest BCUT2D eigenvalue weighted by molar-refractivity contribution is 8.00. The zero-order valence-electron chi connectivity index (χ0n) is 24.0. The highest BCUT2D eigenvalue weighted by Crippen LogP contribution is 2.45. The molecule has 1 amide bonds. The first kappa shape index (κ1) is 30.1. The fourth-order valence-electron chi connectivity index (χ4n) is 4.62. The molecular formula is C33H31N3O5S2. The summed E-state index contributed by atoms with van der Waals surface area (Å²) in [6.45, 7) is 6.61. The summed E-state index contributed by atoms with van der Waals surface area (Å²) in [4.78, 5) is 28.6. The number of carbonyl (C=O) groups is 2. The Labute approximate surface area is 258 Å². The topological polar surface area (TPSA) is 102 Å². The van der Waals surface area contributed by atoms with Gasteiger partial charge in [0.2, 0.25) is 5.13 Å². The Balaban J connectivity index is 1.51. The first-order valence-corrected chi connectivity index (χ1v) is 15.6. The molecule has 0 bridgehead atoms. The van der Waals surface area contributed by atoms with Crippen LogP contribution in [-0.2, 0) is 15.3 Å². The minimum Gasteiger partial charge on any atom is -0.503 e. The lowest BCUT2D eigenvalue weighted by atomic mass is 9.95. The fourth-order valence-corrected chi connectivity index (χ4v) is 6.44. The summed E-state index contributed by atoms with van der Waals surface area (Å²) in [7, 11) is 0. The van der Waals surface area contributed by atoms with Gasteiger partial charge in [0.15, 0.2) is 27.4 Å². The minimum atomic E-state index is -0.960. The fraction of sp³-hybridized carbons (Fsp3) is 0.212. The van der Waals surface area contributed by atoms with Crippen LogP contribution in [0.1, 0.15) is 42.1 Å². The predicted octanol–water partition coefficient (Wildman–Crippen LogP) is 7.12. The smallest absolute Gasteiger partial charge is 0.296 e. The van der Waals surface area contributed by atoms with Gasteiger partial charge < -0.3 is 14.6 Å². The van der Waals surface area contributed by atoms with Gasteiger partial charge in [-0.3, -0.25) is 14.5 Å². The summed E-state index contributed by atoms with van der Waals surface area (Å²) in [6, 6.07) is 21.9. The predicted molar refractivity (Wildman–Crippen MR) is 170 cm³/mol. The first-order valence-electron chi connectivity index (χ1n) is 13.8. The third kappa shape index (κ3) is 6.81. The molecule has 1 aliphatic heterocycles. The van der Waals surface area contributed by atoms with Gasteiger partial charge in [-0.15, -0.1) is 10.2 Å². The van der Waals surface area contributed by atoms with Gasteiger partial charge in [0.25, 0.3) is 5.91 Å². The van der Waals surface area contributed by atoms with Gasteiger partial charge in [0.1, 0.15) is 0 Å². The second-order valence-corrected chi connectivity index (χ2v) is 11.8. The minimum absolute atomic E-state index is 0.0483. The SMILES string of the molecule is CCOc1ccc(C2C(C(=O)/C=C/c3ccccc3)=C(O)C(=O)N2c2nnc(SCc3ccc(C)cc3)s2)cc1OCC. The number of ketones is 1. The van der Waals surface area contributed by atoms with Crippen molar-refractivity contribution in [1.82, 2.24) is 10.2 Å². The maximum atomic E-state index is 13.6. The third-order valence-corrected chi connectivity index (χ3v) is 8.80. The maximum absolute atomic E-state index is 13.6. The largest absolute Gasteiger partial charge is 0.503 e. The van der Waals surface area contributed by atoms with E-state index in [1.54, 1.807) is 24.3 Å². The van der Waals surface area contributed by atoms with Gasteiger partial charge in [-0.2, -0.15) is 0 Å². The number of carbonyl (C=O) groups excluding carboxylic acids is 2. The summed E-state index contributed by atoms with van der Waals surface area (Å²) in [6.07, 6.45) is 3.02. The third-order valence-electron chi connectivity index (χ3n) is 6.67. The Bertz CT molecular complexity index is 1670. The number of thioether (sulfide) groups is 1. The van der Waals surface area contributed by atoms with Crippen molar-refractivity contribution in [2.75, 3.05) is 18.1 Å². The highest BCUT2D eigenvalue weighted by atomic mass is 32.2. The first-order chi connectivity index (χ1) is 20.9. The van der Waals surface area contributed by atoms with Crippen molar-refractivity contribution in [3.05, 3.63) is 112 Å². The maximum Gasteiger partial charge on any atom is 0.296 e. The molecular weight excluding hydrogens is 583 g/mol. The number of amides is 1. The molecule has 8 nitrogen and oxygen atoms in total. The molecule has 1 atom stereocenters. The molecule has 1 unspecified atom stereocenters. The van der Waals surface area contributed by atoms with Crippen LogP contribution in [0.25, 0.3) is 6.08 Å². The molecule has 220 valence electrons. The van der Waals surface area contributed by atoms with Gasteiger partial charge in [0.05, 0.1) is 24.8 Å². The number of ether oxygens (including phenoxy) is 2. The van der Waals surface area contributed by atoms with E-state index in [2.05, 4.69) is 34.5 Å². The van der Waals surface area contributed by atoms with E-state index in [0.29, 0.717) is 40.4 Å². The van der Waals surface area contributed by atoms with Crippen LogP contribution >= 0.6 is 23.1 Å². The quantitative estimate of drug-likeness (QED) is 0.102. The van der Waals surface area contributed by atoms with Crippen LogP contribution in [-0.4, -0.2) is 40.2 Å². The van der Waals surface area contributed by atoms with E-state index in [1.165, 1.54) is 39.6 Å². The van der Waals surface area contributed by atoms with E-state index >= 15 is 0 Å². The normalized spacial score (nSPS) is 15.0. The zero-order valence-corrected chi connectivity index (χ0v) is 25.7. The number of aliphatic hydroxyl groups excluding tert-OH is 1. The second kappa shape index (κ2) is 13.7. The molecule has 3 aromatic carbocycles. The molecule has 10 heteroatoms.